The fourth-order valence-electron chi connectivity index (χ4n) is 3.54. The van der Waals surface area contributed by atoms with Crippen LogP contribution in [0.15, 0.2) is 0 Å². The number of carbonyl (C=O) groups excluding carboxylic acids is 1. The zero-order valence-electron chi connectivity index (χ0n) is 12.6. The summed E-state index contributed by atoms with van der Waals surface area (Å²) in [6.45, 7) is 6.59. The van der Waals surface area contributed by atoms with Crippen molar-refractivity contribution in [3.8, 4) is 0 Å². The van der Waals surface area contributed by atoms with Gasteiger partial charge in [-0.25, -0.2) is 0 Å². The molecule has 0 aromatic heterocycles. The second-order valence-electron chi connectivity index (χ2n) is 5.96. The summed E-state index contributed by atoms with van der Waals surface area (Å²) in [7, 11) is 0. The smallest absolute Gasteiger partial charge is 0.244 e. The van der Waals surface area contributed by atoms with Crippen molar-refractivity contribution in [1.82, 2.24) is 10.2 Å². The van der Waals surface area contributed by atoms with Crippen LogP contribution in [0.2, 0.25) is 0 Å². The predicted octanol–water partition coefficient (Wildman–Crippen LogP) is 3.00. The molecule has 110 valence electrons. The summed E-state index contributed by atoms with van der Waals surface area (Å²) in [6, 6.07) is 0.349. The topological polar surface area (TPSA) is 32.3 Å². The molecule has 1 aliphatic heterocycles. The van der Waals surface area contributed by atoms with Crippen molar-refractivity contribution < 1.29 is 4.79 Å². The van der Waals surface area contributed by atoms with E-state index in [0.717, 1.165) is 37.2 Å². The molecule has 3 nitrogen and oxygen atoms in total. The van der Waals surface area contributed by atoms with Crippen LogP contribution < -0.4 is 5.32 Å². The van der Waals surface area contributed by atoms with E-state index in [2.05, 4.69) is 31.0 Å². The van der Waals surface area contributed by atoms with Crippen molar-refractivity contribution in [1.29, 1.82) is 0 Å². The van der Waals surface area contributed by atoms with Crippen molar-refractivity contribution in [3.05, 3.63) is 0 Å². The van der Waals surface area contributed by atoms with Crippen molar-refractivity contribution >= 4 is 17.7 Å². The summed E-state index contributed by atoms with van der Waals surface area (Å²) >= 11 is 1.93. The molecular formula is C15H28N2OS. The number of nitrogens with one attached hydrogen (secondary N) is 1. The molecule has 2 aliphatic rings. The molecule has 0 radical (unpaired) electrons. The molecule has 2 fully saturated rings. The fraction of sp³-hybridized carbons (Fsp3) is 0.933. The highest BCUT2D eigenvalue weighted by molar-refractivity contribution is 7.99. The van der Waals surface area contributed by atoms with Crippen LogP contribution in [-0.4, -0.2) is 40.1 Å². The maximum atomic E-state index is 12.9. The van der Waals surface area contributed by atoms with Crippen molar-refractivity contribution in [3.63, 3.8) is 0 Å². The van der Waals surface area contributed by atoms with E-state index in [0.29, 0.717) is 11.9 Å². The Morgan fingerprint density at radius 3 is 2.68 bits per heavy atom. The Labute approximate surface area is 121 Å². The van der Waals surface area contributed by atoms with Crippen LogP contribution in [0, 0.1) is 0 Å². The fourth-order valence-corrected chi connectivity index (χ4v) is 4.27. The van der Waals surface area contributed by atoms with Crippen LogP contribution in [0.25, 0.3) is 0 Å². The van der Waals surface area contributed by atoms with E-state index in [9.17, 15) is 4.79 Å². The Morgan fingerprint density at radius 2 is 2.11 bits per heavy atom. The monoisotopic (exact) mass is 284 g/mol. The number of thioether (sulfide) groups is 1. The molecule has 1 amide bonds. The first-order valence-corrected chi connectivity index (χ1v) is 8.98. The first kappa shape index (κ1) is 15.2. The third-order valence-electron chi connectivity index (χ3n) is 4.48. The van der Waals surface area contributed by atoms with Gasteiger partial charge in [-0.1, -0.05) is 33.1 Å². The van der Waals surface area contributed by atoms with Crippen LogP contribution in [0.1, 0.15) is 59.3 Å². The second-order valence-corrected chi connectivity index (χ2v) is 7.28. The van der Waals surface area contributed by atoms with Crippen LogP contribution >= 0.6 is 11.8 Å². The number of nitrogens with zero attached hydrogens (tertiary/aromatic N) is 1. The highest BCUT2D eigenvalue weighted by atomic mass is 32.2. The predicted molar refractivity (Wildman–Crippen MR) is 82.3 cm³/mol. The number of amides is 1. The van der Waals surface area contributed by atoms with Crippen LogP contribution in [0.5, 0.6) is 0 Å². The van der Waals surface area contributed by atoms with Gasteiger partial charge in [0, 0.05) is 11.8 Å². The molecular weight excluding hydrogens is 256 g/mol. The molecule has 1 saturated heterocycles. The summed E-state index contributed by atoms with van der Waals surface area (Å²) in [6.07, 6.45) is 6.95. The van der Waals surface area contributed by atoms with Crippen molar-refractivity contribution in [2.45, 2.75) is 77.0 Å². The third-order valence-corrected chi connectivity index (χ3v) is 5.61. The summed E-state index contributed by atoms with van der Waals surface area (Å²) in [4.78, 5) is 15.0. The highest BCUT2D eigenvalue weighted by Crippen LogP contribution is 2.38. The number of rotatable bonds is 6. The average Bonchev–Trinajstić information content (AvgIpc) is 2.95. The second kappa shape index (κ2) is 6.49. The minimum atomic E-state index is -0.203. The zero-order valence-corrected chi connectivity index (χ0v) is 13.4. The van der Waals surface area contributed by atoms with Crippen molar-refractivity contribution in [2.75, 3.05) is 11.5 Å². The molecule has 1 N–H and O–H groups in total. The van der Waals surface area contributed by atoms with Gasteiger partial charge in [-0.3, -0.25) is 10.1 Å². The van der Waals surface area contributed by atoms with E-state index >= 15 is 0 Å². The maximum Gasteiger partial charge on any atom is 0.244 e. The Kier molecular flexibility index (Phi) is 5.18. The van der Waals surface area contributed by atoms with Gasteiger partial charge in [-0.2, -0.15) is 11.8 Å². The Hall–Kier alpha value is -0.220. The summed E-state index contributed by atoms with van der Waals surface area (Å²) in [5.41, 5.74) is -0.203. The molecule has 1 spiro atoms. The quantitative estimate of drug-likeness (QED) is 0.814. The van der Waals surface area contributed by atoms with E-state index in [4.69, 9.17) is 0 Å². The standard InChI is InChI=1S/C15H28N2OS/c1-4-8-13-16-15(9-6-7-10-15)14(18)17(13)12(3)11-19-5-2/h12-13,16H,4-11H2,1-3H3. The zero-order chi connectivity index (χ0) is 13.9. The van der Waals surface area contributed by atoms with E-state index in [1.54, 1.807) is 0 Å². The molecule has 2 rings (SSSR count). The number of hydrogen-bond acceptors (Lipinski definition) is 3. The van der Waals surface area contributed by atoms with E-state index in [1.807, 2.05) is 11.8 Å². The lowest BCUT2D eigenvalue weighted by molar-refractivity contribution is -0.134. The summed E-state index contributed by atoms with van der Waals surface area (Å²) < 4.78 is 0. The average molecular weight is 284 g/mol. The lowest BCUT2D eigenvalue weighted by Crippen LogP contribution is -2.45. The molecule has 0 bridgehead atoms. The van der Waals surface area contributed by atoms with Gasteiger partial charge in [0.1, 0.15) is 0 Å². The van der Waals surface area contributed by atoms with Gasteiger partial charge in [0.25, 0.3) is 0 Å². The van der Waals surface area contributed by atoms with Crippen LogP contribution in [-0.2, 0) is 4.79 Å². The van der Waals surface area contributed by atoms with Gasteiger partial charge in [0.15, 0.2) is 0 Å². The Morgan fingerprint density at radius 1 is 1.42 bits per heavy atom. The van der Waals surface area contributed by atoms with E-state index in [1.165, 1.54) is 12.8 Å². The molecule has 19 heavy (non-hydrogen) atoms. The lowest BCUT2D eigenvalue weighted by Gasteiger charge is -2.30. The van der Waals surface area contributed by atoms with Gasteiger partial charge in [-0.05, 0) is 31.9 Å². The SMILES string of the molecule is CCCC1NC2(CCCC2)C(=O)N1C(C)CSCC. The maximum absolute atomic E-state index is 12.9. The first-order chi connectivity index (χ1) is 9.14. The van der Waals surface area contributed by atoms with Crippen LogP contribution in [0.3, 0.4) is 0 Å². The normalized spacial score (nSPS) is 27.4. The van der Waals surface area contributed by atoms with Gasteiger partial charge in [0.2, 0.25) is 5.91 Å². The summed E-state index contributed by atoms with van der Waals surface area (Å²) in [5.74, 6) is 2.57. The summed E-state index contributed by atoms with van der Waals surface area (Å²) in [5, 5.41) is 3.69. The third kappa shape index (κ3) is 2.94. The molecule has 4 heteroatoms. The van der Waals surface area contributed by atoms with E-state index < -0.39 is 0 Å². The van der Waals surface area contributed by atoms with Gasteiger partial charge >= 0.3 is 0 Å². The molecule has 0 aromatic carbocycles. The first-order valence-electron chi connectivity index (χ1n) is 7.83. The largest absolute Gasteiger partial charge is 0.322 e. The minimum absolute atomic E-state index is 0.203. The van der Waals surface area contributed by atoms with Gasteiger partial charge < -0.3 is 4.90 Å². The van der Waals surface area contributed by atoms with Crippen LogP contribution in [0.4, 0.5) is 0 Å². The van der Waals surface area contributed by atoms with Gasteiger partial charge in [0.05, 0.1) is 11.7 Å². The number of hydrogen-bond donors (Lipinski definition) is 1. The molecule has 2 unspecified atom stereocenters. The molecule has 1 aliphatic carbocycles. The van der Waals surface area contributed by atoms with Gasteiger partial charge in [-0.15, -0.1) is 0 Å². The van der Waals surface area contributed by atoms with E-state index in [-0.39, 0.29) is 11.7 Å². The lowest BCUT2D eigenvalue weighted by atomic mass is 9.98. The Bertz CT molecular complexity index is 315. The molecule has 2 atom stereocenters. The highest BCUT2D eigenvalue weighted by Gasteiger charge is 2.52. The molecule has 0 aromatic rings. The molecule has 1 saturated carbocycles. The minimum Gasteiger partial charge on any atom is -0.322 e. The number of carbonyl (C=O) groups is 1. The molecule has 1 heterocycles. The Balaban J connectivity index is 2.11. The van der Waals surface area contributed by atoms with Crippen molar-refractivity contribution in [2.24, 2.45) is 0 Å².